The number of aromatic amines is 1. The molecule has 174 valence electrons. The van der Waals surface area contributed by atoms with Gasteiger partial charge >= 0.3 is 6.03 Å². The largest absolute Gasteiger partial charge is 0.346 e. The second kappa shape index (κ2) is 9.67. The minimum absolute atomic E-state index is 0.233. The van der Waals surface area contributed by atoms with Crippen LogP contribution in [-0.4, -0.2) is 66.1 Å². The molecule has 7 nitrogen and oxygen atoms in total. The van der Waals surface area contributed by atoms with Crippen molar-refractivity contribution in [3.05, 3.63) is 72.6 Å². The number of benzene rings is 2. The number of aromatic nitrogens is 2. The van der Waals surface area contributed by atoms with Crippen molar-refractivity contribution in [2.45, 2.75) is 6.54 Å². The van der Waals surface area contributed by atoms with Crippen molar-refractivity contribution in [2.24, 2.45) is 0 Å². The summed E-state index contributed by atoms with van der Waals surface area (Å²) in [7, 11) is 3.79. The van der Waals surface area contributed by atoms with Gasteiger partial charge in [0.1, 0.15) is 5.65 Å². The molecule has 7 heteroatoms. The second-order valence-corrected chi connectivity index (χ2v) is 8.88. The van der Waals surface area contributed by atoms with Crippen LogP contribution >= 0.6 is 0 Å². The second-order valence-electron chi connectivity index (χ2n) is 8.88. The van der Waals surface area contributed by atoms with Gasteiger partial charge in [-0.2, -0.15) is 0 Å². The van der Waals surface area contributed by atoms with Crippen molar-refractivity contribution in [3.63, 3.8) is 0 Å². The lowest BCUT2D eigenvalue weighted by Crippen LogP contribution is -2.43. The Hall–Kier alpha value is -3.68. The molecular weight excluding hydrogens is 424 g/mol. The number of hydrogen-bond donors (Lipinski definition) is 3. The molecule has 1 fully saturated rings. The van der Waals surface area contributed by atoms with Crippen LogP contribution in [0.3, 0.4) is 0 Å². The first-order chi connectivity index (χ1) is 16.6. The molecule has 2 aromatic heterocycles. The Bertz CT molecular complexity index is 1270. The number of piperazine rings is 1. The summed E-state index contributed by atoms with van der Waals surface area (Å²) in [5.74, 6) is 0. The molecule has 1 saturated heterocycles. The summed E-state index contributed by atoms with van der Waals surface area (Å²) in [5, 5.41) is 6.42. The van der Waals surface area contributed by atoms with Gasteiger partial charge in [0, 0.05) is 74.4 Å². The molecule has 5 rings (SSSR count). The molecule has 4 aromatic rings. The van der Waals surface area contributed by atoms with Crippen LogP contribution in [0.4, 0.5) is 10.5 Å². The number of hydrogen-bond acceptors (Lipinski definition) is 4. The number of carbonyl (C=O) groups is 1. The lowest BCUT2D eigenvalue weighted by molar-refractivity contribution is 0.148. The predicted octanol–water partition coefficient (Wildman–Crippen LogP) is 4.40. The lowest BCUT2D eigenvalue weighted by Gasteiger charge is -2.32. The number of anilines is 1. The monoisotopic (exact) mass is 454 g/mol. The summed E-state index contributed by atoms with van der Waals surface area (Å²) in [4.78, 5) is 24.4. The summed E-state index contributed by atoms with van der Waals surface area (Å²) in [6.07, 6.45) is 3.91. The van der Waals surface area contributed by atoms with Crippen LogP contribution in [0.25, 0.3) is 33.3 Å². The van der Waals surface area contributed by atoms with Gasteiger partial charge in [-0.25, -0.2) is 9.78 Å². The molecule has 34 heavy (non-hydrogen) atoms. The summed E-state index contributed by atoms with van der Waals surface area (Å²) in [6.45, 7) is 5.51. The molecule has 0 spiro atoms. The van der Waals surface area contributed by atoms with Gasteiger partial charge in [-0.3, -0.25) is 4.90 Å². The maximum Gasteiger partial charge on any atom is 0.318 e. The number of pyridine rings is 1. The molecule has 0 atom stereocenters. The Morgan fingerprint density at radius 3 is 2.38 bits per heavy atom. The molecule has 2 amide bonds. The molecule has 0 unspecified atom stereocenters. The Morgan fingerprint density at radius 2 is 1.68 bits per heavy atom. The normalized spacial score (nSPS) is 14.9. The highest BCUT2D eigenvalue weighted by atomic mass is 16.2. The maximum atomic E-state index is 11.5. The van der Waals surface area contributed by atoms with Gasteiger partial charge in [-0.15, -0.1) is 0 Å². The van der Waals surface area contributed by atoms with Crippen molar-refractivity contribution in [1.29, 1.82) is 0 Å². The smallest absolute Gasteiger partial charge is 0.318 e. The molecule has 0 aliphatic carbocycles. The molecular formula is C27H30N6O. The summed E-state index contributed by atoms with van der Waals surface area (Å²) < 4.78 is 0. The zero-order chi connectivity index (χ0) is 23.5. The van der Waals surface area contributed by atoms with E-state index in [4.69, 9.17) is 0 Å². The number of nitrogens with one attached hydrogen (secondary N) is 3. The van der Waals surface area contributed by atoms with E-state index in [9.17, 15) is 4.79 Å². The van der Waals surface area contributed by atoms with Crippen LogP contribution < -0.4 is 10.6 Å². The molecule has 0 radical (unpaired) electrons. The fraction of sp³-hybridized carbons (Fsp3) is 0.259. The number of rotatable bonds is 5. The summed E-state index contributed by atoms with van der Waals surface area (Å²) >= 11 is 0. The van der Waals surface area contributed by atoms with Crippen molar-refractivity contribution in [2.75, 3.05) is 45.6 Å². The number of nitrogens with zero attached hydrogens (tertiary/aromatic N) is 3. The maximum absolute atomic E-state index is 11.5. The SMILES string of the molecule is CNC(=O)Nc1ccc(-c2c[nH]c3ncc(-c4ccc(CN5CCN(C)CC5)cc4)cc23)cc1. The van der Waals surface area contributed by atoms with E-state index in [1.807, 2.05) is 36.7 Å². The first-order valence-corrected chi connectivity index (χ1v) is 11.7. The van der Waals surface area contributed by atoms with Crippen LogP contribution in [0.15, 0.2) is 67.0 Å². The minimum Gasteiger partial charge on any atom is -0.346 e. The van der Waals surface area contributed by atoms with E-state index in [1.54, 1.807) is 7.05 Å². The van der Waals surface area contributed by atoms with E-state index < -0.39 is 0 Å². The highest BCUT2D eigenvalue weighted by Crippen LogP contribution is 2.31. The van der Waals surface area contributed by atoms with Gasteiger partial charge in [0.2, 0.25) is 0 Å². The Kier molecular flexibility index (Phi) is 6.29. The van der Waals surface area contributed by atoms with Crippen LogP contribution in [-0.2, 0) is 6.54 Å². The van der Waals surface area contributed by atoms with E-state index in [1.165, 1.54) is 5.56 Å². The predicted molar refractivity (Wildman–Crippen MR) is 138 cm³/mol. The third kappa shape index (κ3) is 4.81. The van der Waals surface area contributed by atoms with Crippen LogP contribution in [0.5, 0.6) is 0 Å². The average molecular weight is 455 g/mol. The van der Waals surface area contributed by atoms with Crippen LogP contribution in [0.1, 0.15) is 5.56 Å². The molecule has 1 aliphatic rings. The molecule has 1 aliphatic heterocycles. The summed E-state index contributed by atoms with van der Waals surface area (Å²) in [5.41, 5.74) is 7.36. The number of H-pyrrole nitrogens is 1. The van der Waals surface area contributed by atoms with Gasteiger partial charge in [0.15, 0.2) is 0 Å². The van der Waals surface area contributed by atoms with E-state index in [2.05, 4.69) is 67.8 Å². The van der Waals surface area contributed by atoms with Crippen molar-refractivity contribution in [1.82, 2.24) is 25.1 Å². The highest BCUT2D eigenvalue weighted by molar-refractivity contribution is 5.96. The van der Waals surface area contributed by atoms with Crippen LogP contribution in [0, 0.1) is 0 Å². The number of urea groups is 1. The molecule has 0 bridgehead atoms. The van der Waals surface area contributed by atoms with Gasteiger partial charge < -0.3 is 20.5 Å². The fourth-order valence-corrected chi connectivity index (χ4v) is 4.39. The average Bonchev–Trinajstić information content (AvgIpc) is 3.29. The Morgan fingerprint density at radius 1 is 0.971 bits per heavy atom. The number of carbonyl (C=O) groups excluding carboxylic acids is 1. The summed E-state index contributed by atoms with van der Waals surface area (Å²) in [6, 6.07) is 18.6. The number of likely N-dealkylation sites (N-methyl/N-ethyl adjacent to an activating group) is 1. The van der Waals surface area contributed by atoms with E-state index in [-0.39, 0.29) is 6.03 Å². The van der Waals surface area contributed by atoms with Gasteiger partial charge in [-0.1, -0.05) is 36.4 Å². The van der Waals surface area contributed by atoms with Gasteiger partial charge in [0.25, 0.3) is 0 Å². The number of fused-ring (bicyclic) bond motifs is 1. The topological polar surface area (TPSA) is 76.3 Å². The molecule has 3 N–H and O–H groups in total. The minimum atomic E-state index is -0.233. The van der Waals surface area contributed by atoms with Crippen molar-refractivity contribution >= 4 is 22.8 Å². The standard InChI is InChI=1S/C27H30N6O/c1-28-27(34)31-23-9-7-21(8-10-23)25-17-30-26-24(25)15-22(16-29-26)20-5-3-19(4-6-20)18-33-13-11-32(2)12-14-33/h3-10,15-17H,11-14,18H2,1-2H3,(H,29,30)(H2,28,31,34). The lowest BCUT2D eigenvalue weighted by atomic mass is 10.0. The van der Waals surface area contributed by atoms with Gasteiger partial charge in [-0.05, 0) is 41.9 Å². The van der Waals surface area contributed by atoms with Crippen molar-refractivity contribution in [3.8, 4) is 22.3 Å². The molecule has 3 heterocycles. The fourth-order valence-electron chi connectivity index (χ4n) is 4.39. The van der Waals surface area contributed by atoms with E-state index >= 15 is 0 Å². The van der Waals surface area contributed by atoms with Gasteiger partial charge in [0.05, 0.1) is 0 Å². The Balaban J connectivity index is 1.35. The van der Waals surface area contributed by atoms with Crippen LogP contribution in [0.2, 0.25) is 0 Å². The van der Waals surface area contributed by atoms with E-state index in [0.717, 1.165) is 71.7 Å². The Labute approximate surface area is 199 Å². The van der Waals surface area contributed by atoms with E-state index in [0.29, 0.717) is 0 Å². The zero-order valence-corrected chi connectivity index (χ0v) is 19.6. The molecule has 0 saturated carbocycles. The van der Waals surface area contributed by atoms with Crippen molar-refractivity contribution < 1.29 is 4.79 Å². The third-order valence-corrected chi connectivity index (χ3v) is 6.50. The molecule has 2 aromatic carbocycles. The quantitative estimate of drug-likeness (QED) is 0.418. The zero-order valence-electron chi connectivity index (χ0n) is 19.6. The third-order valence-electron chi connectivity index (χ3n) is 6.50. The number of amides is 2. The highest BCUT2D eigenvalue weighted by Gasteiger charge is 2.14. The first kappa shape index (κ1) is 22.1. The first-order valence-electron chi connectivity index (χ1n) is 11.7.